The molecule has 0 aliphatic carbocycles. The summed E-state index contributed by atoms with van der Waals surface area (Å²) in [6.07, 6.45) is 0.529. The van der Waals surface area contributed by atoms with Gasteiger partial charge in [0.1, 0.15) is 5.69 Å². The summed E-state index contributed by atoms with van der Waals surface area (Å²) in [5.74, 6) is 0.607. The molecule has 0 unspecified atom stereocenters. The molecule has 1 aromatic heterocycles. The highest BCUT2D eigenvalue weighted by atomic mass is 16.5. The second kappa shape index (κ2) is 7.26. The van der Waals surface area contributed by atoms with E-state index in [1.807, 2.05) is 0 Å². The normalized spacial score (nSPS) is 10.7. The first-order chi connectivity index (χ1) is 12.5. The van der Waals surface area contributed by atoms with E-state index in [9.17, 15) is 15.0 Å². The number of benzene rings is 2. The average Bonchev–Trinajstić information content (AvgIpc) is 3.06. The smallest absolute Gasteiger partial charge is 0.267 e. The third-order valence-electron chi connectivity index (χ3n) is 4.11. The highest BCUT2D eigenvalue weighted by molar-refractivity contribution is 5.98. The van der Waals surface area contributed by atoms with Crippen molar-refractivity contribution >= 4 is 16.8 Å². The van der Waals surface area contributed by atoms with Gasteiger partial charge in [0.25, 0.3) is 5.91 Å². The second-order valence-electron chi connectivity index (χ2n) is 5.81. The number of methoxy groups -OCH3 is 2. The Kier molecular flexibility index (Phi) is 4.88. The van der Waals surface area contributed by atoms with Crippen LogP contribution in [0.4, 0.5) is 0 Å². The Morgan fingerprint density at radius 1 is 1.04 bits per heavy atom. The Bertz CT molecular complexity index is 907. The summed E-state index contributed by atoms with van der Waals surface area (Å²) in [7, 11) is 3.12. The van der Waals surface area contributed by atoms with E-state index in [1.165, 1.54) is 12.1 Å². The summed E-state index contributed by atoms with van der Waals surface area (Å²) >= 11 is 0. The van der Waals surface area contributed by atoms with E-state index in [0.717, 1.165) is 16.5 Å². The van der Waals surface area contributed by atoms with Gasteiger partial charge >= 0.3 is 0 Å². The van der Waals surface area contributed by atoms with Gasteiger partial charge in [-0.1, -0.05) is 6.07 Å². The third kappa shape index (κ3) is 3.51. The van der Waals surface area contributed by atoms with Crippen LogP contribution in [0.25, 0.3) is 10.9 Å². The van der Waals surface area contributed by atoms with Crippen molar-refractivity contribution in [2.45, 2.75) is 6.42 Å². The van der Waals surface area contributed by atoms with Crippen LogP contribution in [0.2, 0.25) is 0 Å². The van der Waals surface area contributed by atoms with Crippen LogP contribution in [0, 0.1) is 0 Å². The van der Waals surface area contributed by atoms with Gasteiger partial charge in [0.05, 0.1) is 14.2 Å². The maximum atomic E-state index is 12.3. The molecule has 0 aliphatic heterocycles. The average molecular weight is 356 g/mol. The third-order valence-corrected chi connectivity index (χ3v) is 4.11. The SMILES string of the molecule is COc1cc2cc(C(=O)NCCc3ccc(O)c(O)c3)[nH]c2cc1OC. The molecular formula is C19H20N2O5. The first-order valence-corrected chi connectivity index (χ1v) is 8.05. The number of rotatable bonds is 6. The molecule has 0 fully saturated rings. The molecule has 0 saturated heterocycles. The molecule has 0 radical (unpaired) electrons. The molecule has 3 aromatic rings. The molecule has 4 N–H and O–H groups in total. The lowest BCUT2D eigenvalue weighted by Crippen LogP contribution is -2.25. The molecule has 7 heteroatoms. The summed E-state index contributed by atoms with van der Waals surface area (Å²) < 4.78 is 10.5. The van der Waals surface area contributed by atoms with E-state index < -0.39 is 0 Å². The van der Waals surface area contributed by atoms with Crippen LogP contribution >= 0.6 is 0 Å². The number of ether oxygens (including phenoxy) is 2. The Balaban J connectivity index is 1.68. The van der Waals surface area contributed by atoms with Gasteiger partial charge in [0, 0.05) is 23.5 Å². The zero-order valence-corrected chi connectivity index (χ0v) is 14.5. The number of aromatic amines is 1. The fraction of sp³-hybridized carbons (Fsp3) is 0.211. The number of nitrogens with one attached hydrogen (secondary N) is 2. The van der Waals surface area contributed by atoms with E-state index >= 15 is 0 Å². The molecule has 0 aliphatic rings. The Morgan fingerprint density at radius 3 is 2.46 bits per heavy atom. The van der Waals surface area contributed by atoms with Crippen molar-refractivity contribution < 1.29 is 24.5 Å². The standard InChI is InChI=1S/C19H20N2O5/c1-25-17-9-12-8-14(21-13(12)10-18(17)26-2)19(24)20-6-5-11-3-4-15(22)16(23)7-11/h3-4,7-10,21-23H,5-6H2,1-2H3,(H,20,24). The van der Waals surface area contributed by atoms with Crippen molar-refractivity contribution in [2.75, 3.05) is 20.8 Å². The van der Waals surface area contributed by atoms with Gasteiger partial charge in [-0.15, -0.1) is 0 Å². The Labute approximate surface area is 150 Å². The highest BCUT2D eigenvalue weighted by Crippen LogP contribution is 2.32. The summed E-state index contributed by atoms with van der Waals surface area (Å²) in [5, 5.41) is 22.5. The van der Waals surface area contributed by atoms with Crippen LogP contribution in [-0.2, 0) is 6.42 Å². The molecule has 1 amide bonds. The van der Waals surface area contributed by atoms with Crippen molar-refractivity contribution in [3.8, 4) is 23.0 Å². The lowest BCUT2D eigenvalue weighted by atomic mass is 10.1. The van der Waals surface area contributed by atoms with Gasteiger partial charge in [-0.3, -0.25) is 4.79 Å². The number of H-pyrrole nitrogens is 1. The molecule has 2 aromatic carbocycles. The molecule has 26 heavy (non-hydrogen) atoms. The van der Waals surface area contributed by atoms with Crippen molar-refractivity contribution in [1.82, 2.24) is 10.3 Å². The van der Waals surface area contributed by atoms with Crippen LogP contribution in [0.15, 0.2) is 36.4 Å². The largest absolute Gasteiger partial charge is 0.504 e. The second-order valence-corrected chi connectivity index (χ2v) is 5.81. The Morgan fingerprint density at radius 2 is 1.77 bits per heavy atom. The van der Waals surface area contributed by atoms with E-state index in [4.69, 9.17) is 9.47 Å². The number of carbonyl (C=O) groups excluding carboxylic acids is 1. The molecule has 0 bridgehead atoms. The summed E-state index contributed by atoms with van der Waals surface area (Å²) in [6.45, 7) is 0.394. The molecular weight excluding hydrogens is 336 g/mol. The van der Waals surface area contributed by atoms with Gasteiger partial charge in [0.2, 0.25) is 0 Å². The molecule has 7 nitrogen and oxygen atoms in total. The number of fused-ring (bicyclic) bond motifs is 1. The zero-order chi connectivity index (χ0) is 18.7. The highest BCUT2D eigenvalue weighted by Gasteiger charge is 2.13. The monoisotopic (exact) mass is 356 g/mol. The Hall–Kier alpha value is -3.35. The van der Waals surface area contributed by atoms with Gasteiger partial charge < -0.3 is 30.0 Å². The first-order valence-electron chi connectivity index (χ1n) is 8.05. The first kappa shape index (κ1) is 17.5. The lowest BCUT2D eigenvalue weighted by Gasteiger charge is -2.06. The number of carbonyl (C=O) groups is 1. The fourth-order valence-electron chi connectivity index (χ4n) is 2.72. The van der Waals surface area contributed by atoms with E-state index in [-0.39, 0.29) is 17.4 Å². The van der Waals surface area contributed by atoms with Crippen molar-refractivity contribution in [3.63, 3.8) is 0 Å². The zero-order valence-electron chi connectivity index (χ0n) is 14.5. The predicted octanol–water partition coefficient (Wildman–Crippen LogP) is 2.57. The summed E-state index contributed by atoms with van der Waals surface area (Å²) in [6, 6.07) is 9.93. The van der Waals surface area contributed by atoms with E-state index in [0.29, 0.717) is 30.2 Å². The van der Waals surface area contributed by atoms with E-state index in [1.54, 1.807) is 38.5 Å². The van der Waals surface area contributed by atoms with Crippen LogP contribution in [-0.4, -0.2) is 41.9 Å². The lowest BCUT2D eigenvalue weighted by molar-refractivity contribution is 0.0950. The number of aromatic hydroxyl groups is 2. The molecule has 0 atom stereocenters. The van der Waals surface area contributed by atoms with Crippen LogP contribution in [0.5, 0.6) is 23.0 Å². The number of aromatic nitrogens is 1. The maximum Gasteiger partial charge on any atom is 0.267 e. The number of phenols is 2. The minimum Gasteiger partial charge on any atom is -0.504 e. The number of hydrogen-bond acceptors (Lipinski definition) is 5. The number of hydrogen-bond donors (Lipinski definition) is 4. The van der Waals surface area contributed by atoms with Gasteiger partial charge in [-0.05, 0) is 36.2 Å². The van der Waals surface area contributed by atoms with Crippen LogP contribution in [0.1, 0.15) is 16.1 Å². The minimum atomic E-state index is -0.234. The predicted molar refractivity (Wildman–Crippen MR) is 97.2 cm³/mol. The van der Waals surface area contributed by atoms with Crippen LogP contribution in [0.3, 0.4) is 0 Å². The number of phenolic OH excluding ortho intramolecular Hbond substituents is 2. The van der Waals surface area contributed by atoms with Gasteiger partial charge in [0.15, 0.2) is 23.0 Å². The van der Waals surface area contributed by atoms with Gasteiger partial charge in [-0.2, -0.15) is 0 Å². The number of amides is 1. The fourth-order valence-corrected chi connectivity index (χ4v) is 2.72. The van der Waals surface area contributed by atoms with Gasteiger partial charge in [-0.25, -0.2) is 0 Å². The molecule has 0 saturated carbocycles. The van der Waals surface area contributed by atoms with Crippen molar-refractivity contribution in [3.05, 3.63) is 47.7 Å². The topological polar surface area (TPSA) is 104 Å². The van der Waals surface area contributed by atoms with E-state index in [2.05, 4.69) is 10.3 Å². The van der Waals surface area contributed by atoms with Crippen LogP contribution < -0.4 is 14.8 Å². The van der Waals surface area contributed by atoms with Crippen molar-refractivity contribution in [1.29, 1.82) is 0 Å². The molecule has 3 rings (SSSR count). The quantitative estimate of drug-likeness (QED) is 0.508. The minimum absolute atomic E-state index is 0.165. The molecule has 136 valence electrons. The molecule has 0 spiro atoms. The summed E-state index contributed by atoms with van der Waals surface area (Å²) in [5.41, 5.74) is 2.02. The summed E-state index contributed by atoms with van der Waals surface area (Å²) in [4.78, 5) is 15.4. The molecule has 1 heterocycles. The van der Waals surface area contributed by atoms with Crippen molar-refractivity contribution in [2.24, 2.45) is 0 Å². The maximum absolute atomic E-state index is 12.3.